The van der Waals surface area contributed by atoms with E-state index in [2.05, 4.69) is 27.4 Å². The van der Waals surface area contributed by atoms with Crippen LogP contribution < -0.4 is 11.1 Å². The van der Waals surface area contributed by atoms with Crippen LogP contribution in [0.15, 0.2) is 18.3 Å². The van der Waals surface area contributed by atoms with Gasteiger partial charge < -0.3 is 11.1 Å². The fourth-order valence-electron chi connectivity index (χ4n) is 3.17. The Hall–Kier alpha value is -3.19. The Labute approximate surface area is 187 Å². The highest BCUT2D eigenvalue weighted by atomic mass is 35.5. The van der Waals surface area contributed by atoms with E-state index < -0.39 is 24.0 Å². The Bertz CT molecular complexity index is 1240. The van der Waals surface area contributed by atoms with E-state index in [9.17, 15) is 18.0 Å². The third kappa shape index (κ3) is 4.99. The van der Waals surface area contributed by atoms with Gasteiger partial charge in [-0.05, 0) is 51.3 Å². The van der Waals surface area contributed by atoms with Gasteiger partial charge in [0.05, 0.1) is 30.2 Å². The first-order valence-electron chi connectivity index (χ1n) is 9.63. The number of amides is 1. The highest BCUT2D eigenvalue weighted by Gasteiger charge is 2.31. The molecule has 0 bridgehead atoms. The lowest BCUT2D eigenvalue weighted by molar-refractivity contribution is -0.127. The number of aryl methyl sites for hydroxylation is 1. The molecule has 0 saturated carbocycles. The number of carbonyl (C=O) groups excluding carboxylic acids is 1. The molecule has 32 heavy (non-hydrogen) atoms. The second-order valence-electron chi connectivity index (χ2n) is 8.28. The summed E-state index contributed by atoms with van der Waals surface area (Å²) in [6, 6.07) is 3.17. The lowest BCUT2D eigenvalue weighted by atomic mass is 10.1. The van der Waals surface area contributed by atoms with E-state index in [1.54, 1.807) is 19.1 Å². The molecule has 3 aromatic heterocycles. The van der Waals surface area contributed by atoms with Crippen molar-refractivity contribution >= 4 is 28.8 Å². The van der Waals surface area contributed by atoms with Crippen molar-refractivity contribution < 1.29 is 18.0 Å². The minimum absolute atomic E-state index is 0.0517. The molecule has 7 nitrogen and oxygen atoms in total. The van der Waals surface area contributed by atoms with E-state index in [0.29, 0.717) is 5.56 Å². The van der Waals surface area contributed by atoms with Gasteiger partial charge in [-0.3, -0.25) is 4.79 Å². The van der Waals surface area contributed by atoms with Crippen LogP contribution >= 0.6 is 11.6 Å². The second-order valence-corrected chi connectivity index (χ2v) is 8.67. The molecule has 0 aromatic carbocycles. The standard InChI is InChI=1S/C21H22ClF3N6O/c1-12-8-16-13(10-21(23,24)25)15(29-30(16)17(22)9-12)6-5-7-27-19(32)14-11-28-31(18(14)26)20(2,3)4/h8-9,11H,7,10,26H2,1-4H3,(H,27,32). The number of nitrogens with zero attached hydrogens (tertiary/aromatic N) is 4. The maximum atomic E-state index is 13.1. The quantitative estimate of drug-likeness (QED) is 0.455. The van der Waals surface area contributed by atoms with Gasteiger partial charge in [-0.2, -0.15) is 23.4 Å². The predicted octanol–water partition coefficient (Wildman–Crippen LogP) is 3.72. The third-order valence-electron chi connectivity index (χ3n) is 4.54. The fourth-order valence-corrected chi connectivity index (χ4v) is 3.47. The molecule has 0 spiro atoms. The fraction of sp³-hybridized carbons (Fsp3) is 0.381. The number of anilines is 1. The topological polar surface area (TPSA) is 90.2 Å². The zero-order valence-electron chi connectivity index (χ0n) is 17.9. The maximum Gasteiger partial charge on any atom is 0.393 e. The minimum atomic E-state index is -4.45. The Kier molecular flexibility index (Phi) is 6.15. The number of rotatable bonds is 3. The maximum absolute atomic E-state index is 13.1. The summed E-state index contributed by atoms with van der Waals surface area (Å²) in [4.78, 5) is 12.4. The first kappa shape index (κ1) is 23.5. The monoisotopic (exact) mass is 466 g/mol. The number of halogens is 4. The largest absolute Gasteiger partial charge is 0.393 e. The van der Waals surface area contributed by atoms with Crippen LogP contribution in [-0.4, -0.2) is 38.0 Å². The first-order chi connectivity index (χ1) is 14.8. The molecule has 3 aromatic rings. The van der Waals surface area contributed by atoms with E-state index in [1.807, 2.05) is 20.8 Å². The number of alkyl halides is 3. The van der Waals surface area contributed by atoms with Gasteiger partial charge in [0.25, 0.3) is 5.91 Å². The van der Waals surface area contributed by atoms with Crippen LogP contribution in [0.4, 0.5) is 19.0 Å². The number of pyridine rings is 1. The van der Waals surface area contributed by atoms with Crippen molar-refractivity contribution in [2.24, 2.45) is 0 Å². The van der Waals surface area contributed by atoms with E-state index in [-0.39, 0.29) is 39.9 Å². The van der Waals surface area contributed by atoms with Crippen molar-refractivity contribution in [3.8, 4) is 11.8 Å². The van der Waals surface area contributed by atoms with Gasteiger partial charge in [-0.25, -0.2) is 9.20 Å². The van der Waals surface area contributed by atoms with Crippen molar-refractivity contribution in [2.45, 2.75) is 45.8 Å². The summed E-state index contributed by atoms with van der Waals surface area (Å²) in [6.07, 6.45) is -4.29. The second kappa shape index (κ2) is 8.39. The Balaban J connectivity index is 1.83. The van der Waals surface area contributed by atoms with Crippen LogP contribution in [0, 0.1) is 18.8 Å². The first-order valence-corrected chi connectivity index (χ1v) is 10.0. The average molecular weight is 467 g/mol. The normalized spacial score (nSPS) is 12.0. The van der Waals surface area contributed by atoms with Crippen LogP contribution in [0.3, 0.4) is 0 Å². The molecule has 0 saturated heterocycles. The molecule has 1 amide bonds. The van der Waals surface area contributed by atoms with E-state index in [0.717, 1.165) is 0 Å². The van der Waals surface area contributed by atoms with Gasteiger partial charge >= 0.3 is 6.18 Å². The molecule has 0 aliphatic carbocycles. The average Bonchev–Trinajstić information content (AvgIpc) is 3.19. The molecule has 0 fully saturated rings. The minimum Gasteiger partial charge on any atom is -0.383 e. The molecule has 3 rings (SSSR count). The molecule has 11 heteroatoms. The van der Waals surface area contributed by atoms with E-state index >= 15 is 0 Å². The van der Waals surface area contributed by atoms with Gasteiger partial charge in [0.1, 0.15) is 22.2 Å². The van der Waals surface area contributed by atoms with Gasteiger partial charge in [-0.15, -0.1) is 0 Å². The molecule has 0 aliphatic rings. The molecule has 170 valence electrons. The highest BCUT2D eigenvalue weighted by molar-refractivity contribution is 6.29. The van der Waals surface area contributed by atoms with Crippen molar-refractivity contribution in [3.05, 3.63) is 45.9 Å². The Morgan fingerprint density at radius 3 is 2.56 bits per heavy atom. The molecular formula is C21H22ClF3N6O. The number of nitrogens with two attached hydrogens (primary N) is 1. The van der Waals surface area contributed by atoms with Gasteiger partial charge in [0.15, 0.2) is 0 Å². The highest BCUT2D eigenvalue weighted by Crippen LogP contribution is 2.28. The summed E-state index contributed by atoms with van der Waals surface area (Å²) >= 11 is 6.13. The van der Waals surface area contributed by atoms with Crippen LogP contribution in [0.2, 0.25) is 5.15 Å². The zero-order valence-corrected chi connectivity index (χ0v) is 18.7. The number of nitrogen functional groups attached to an aromatic ring is 1. The molecule has 0 radical (unpaired) electrons. The molecule has 3 N–H and O–H groups in total. The molecule has 0 atom stereocenters. The van der Waals surface area contributed by atoms with Crippen molar-refractivity contribution in [1.29, 1.82) is 0 Å². The van der Waals surface area contributed by atoms with Crippen molar-refractivity contribution in [3.63, 3.8) is 0 Å². The summed E-state index contributed by atoms with van der Waals surface area (Å²) in [7, 11) is 0. The lowest BCUT2D eigenvalue weighted by Gasteiger charge is -2.20. The number of nitrogens with one attached hydrogen (secondary N) is 1. The Morgan fingerprint density at radius 1 is 1.28 bits per heavy atom. The number of hydrogen-bond acceptors (Lipinski definition) is 4. The van der Waals surface area contributed by atoms with Crippen molar-refractivity contribution in [1.82, 2.24) is 24.7 Å². The summed E-state index contributed by atoms with van der Waals surface area (Å²) in [5, 5.41) is 11.0. The number of carbonyl (C=O) groups is 1. The Morgan fingerprint density at radius 2 is 1.97 bits per heavy atom. The van der Waals surface area contributed by atoms with E-state index in [1.165, 1.54) is 15.4 Å². The summed E-state index contributed by atoms with van der Waals surface area (Å²) in [6.45, 7) is 7.29. The summed E-state index contributed by atoms with van der Waals surface area (Å²) in [5.41, 5.74) is 6.61. The smallest absolute Gasteiger partial charge is 0.383 e. The van der Waals surface area contributed by atoms with Crippen LogP contribution in [0.25, 0.3) is 5.52 Å². The molecular weight excluding hydrogens is 445 g/mol. The summed E-state index contributed by atoms with van der Waals surface area (Å²) in [5.74, 6) is 4.98. The van der Waals surface area contributed by atoms with Crippen LogP contribution in [-0.2, 0) is 12.0 Å². The zero-order chi connectivity index (χ0) is 23.8. The van der Waals surface area contributed by atoms with Crippen LogP contribution in [0.5, 0.6) is 0 Å². The number of aromatic nitrogens is 4. The predicted molar refractivity (Wildman–Crippen MR) is 116 cm³/mol. The lowest BCUT2D eigenvalue weighted by Crippen LogP contribution is -2.27. The molecule has 0 aliphatic heterocycles. The third-order valence-corrected chi connectivity index (χ3v) is 4.81. The number of hydrogen-bond donors (Lipinski definition) is 2. The van der Waals surface area contributed by atoms with Gasteiger partial charge in [0.2, 0.25) is 0 Å². The van der Waals surface area contributed by atoms with E-state index in [4.69, 9.17) is 17.3 Å². The molecule has 3 heterocycles. The summed E-state index contributed by atoms with van der Waals surface area (Å²) < 4.78 is 42.2. The van der Waals surface area contributed by atoms with Gasteiger partial charge in [0, 0.05) is 5.56 Å². The number of fused-ring (bicyclic) bond motifs is 1. The van der Waals surface area contributed by atoms with Crippen LogP contribution in [0.1, 0.15) is 48.0 Å². The SMILES string of the molecule is Cc1cc(Cl)n2nc(C#CCNC(=O)c3cnn(C(C)(C)C)c3N)c(CC(F)(F)F)c2c1. The van der Waals surface area contributed by atoms with Gasteiger partial charge in [-0.1, -0.05) is 17.5 Å². The molecule has 0 unspecified atom stereocenters. The van der Waals surface area contributed by atoms with Crippen molar-refractivity contribution in [2.75, 3.05) is 12.3 Å².